The molecule has 1 heterocycles. The fourth-order valence-electron chi connectivity index (χ4n) is 2.20. The van der Waals surface area contributed by atoms with Gasteiger partial charge in [0.15, 0.2) is 0 Å². The maximum atomic E-state index is 12.8. The van der Waals surface area contributed by atoms with Crippen LogP contribution in [0, 0.1) is 0 Å². The van der Waals surface area contributed by atoms with E-state index in [-0.39, 0.29) is 24.3 Å². The van der Waals surface area contributed by atoms with Crippen LogP contribution in [-0.2, 0) is 15.7 Å². The number of hydrogen-bond donors (Lipinski definition) is 1. The highest BCUT2D eigenvalue weighted by molar-refractivity contribution is 5.95. The van der Waals surface area contributed by atoms with Gasteiger partial charge < -0.3 is 19.5 Å². The van der Waals surface area contributed by atoms with Gasteiger partial charge in [0.2, 0.25) is 5.79 Å². The van der Waals surface area contributed by atoms with Crippen molar-refractivity contribution in [3.63, 3.8) is 0 Å². The number of carboxylic acids is 1. The fraction of sp³-hybridized carbons (Fsp3) is 0.462. The maximum Gasteiger partial charge on any atom is 0.416 e. The second-order valence-electron chi connectivity index (χ2n) is 4.71. The number of aromatic carboxylic acids is 1. The summed E-state index contributed by atoms with van der Waals surface area (Å²) in [6.07, 6.45) is -4.53. The molecule has 2 rings (SSSR count). The summed E-state index contributed by atoms with van der Waals surface area (Å²) in [6.45, 7) is 0.309. The summed E-state index contributed by atoms with van der Waals surface area (Å²) in [7, 11) is 2.84. The van der Waals surface area contributed by atoms with Crippen LogP contribution in [0.15, 0.2) is 18.2 Å². The van der Waals surface area contributed by atoms with Crippen molar-refractivity contribution in [2.24, 2.45) is 0 Å². The molecule has 1 N–H and O–H groups in total. The molecule has 1 fully saturated rings. The zero-order valence-corrected chi connectivity index (χ0v) is 11.4. The zero-order chi connectivity index (χ0) is 15.8. The summed E-state index contributed by atoms with van der Waals surface area (Å²) >= 11 is 0. The molecule has 0 spiro atoms. The standard InChI is InChI=1S/C13H14F3NO4/c1-20-12(21-2)6-17(7-12)10-5-8(13(14,15)16)3-4-9(10)11(18)19/h3-5H,6-7H2,1-2H3,(H,18,19). The number of anilines is 1. The SMILES string of the molecule is COC1(OC)CN(c2cc(C(F)(F)F)ccc2C(=O)O)C1. The molecule has 0 bridgehead atoms. The van der Waals surface area contributed by atoms with Gasteiger partial charge in [-0.15, -0.1) is 0 Å². The first-order chi connectivity index (χ1) is 9.72. The van der Waals surface area contributed by atoms with Crippen LogP contribution in [0.3, 0.4) is 0 Å². The Bertz CT molecular complexity index is 547. The van der Waals surface area contributed by atoms with Gasteiger partial charge in [0.1, 0.15) is 0 Å². The number of carbonyl (C=O) groups is 1. The highest BCUT2D eigenvalue weighted by Crippen LogP contribution is 2.37. The highest BCUT2D eigenvalue weighted by atomic mass is 19.4. The smallest absolute Gasteiger partial charge is 0.416 e. The Morgan fingerprint density at radius 3 is 2.29 bits per heavy atom. The molecular formula is C13H14F3NO4. The number of rotatable bonds is 4. The Hall–Kier alpha value is -1.80. The summed E-state index contributed by atoms with van der Waals surface area (Å²) in [4.78, 5) is 12.6. The third-order valence-electron chi connectivity index (χ3n) is 3.50. The van der Waals surface area contributed by atoms with Crippen molar-refractivity contribution in [1.82, 2.24) is 0 Å². The lowest BCUT2D eigenvalue weighted by Gasteiger charge is -2.49. The van der Waals surface area contributed by atoms with Gasteiger partial charge >= 0.3 is 12.1 Å². The van der Waals surface area contributed by atoms with Crippen LogP contribution >= 0.6 is 0 Å². The molecule has 1 aromatic carbocycles. The predicted octanol–water partition coefficient (Wildman–Crippen LogP) is 2.21. The van der Waals surface area contributed by atoms with Crippen LogP contribution in [0.1, 0.15) is 15.9 Å². The van der Waals surface area contributed by atoms with Crippen LogP contribution in [0.2, 0.25) is 0 Å². The van der Waals surface area contributed by atoms with E-state index in [1.54, 1.807) is 0 Å². The Kier molecular flexibility index (Phi) is 3.85. The van der Waals surface area contributed by atoms with Crippen LogP contribution in [0.5, 0.6) is 0 Å². The van der Waals surface area contributed by atoms with Crippen LogP contribution < -0.4 is 4.90 Å². The minimum absolute atomic E-state index is 0.00190. The number of carboxylic acid groups (broad SMARTS) is 1. The van der Waals surface area contributed by atoms with E-state index >= 15 is 0 Å². The summed E-state index contributed by atoms with van der Waals surface area (Å²) in [5.74, 6) is -2.20. The zero-order valence-electron chi connectivity index (χ0n) is 11.4. The lowest BCUT2D eigenvalue weighted by atomic mass is 10.0. The number of methoxy groups -OCH3 is 2. The van der Waals surface area contributed by atoms with Crippen molar-refractivity contribution < 1.29 is 32.5 Å². The Morgan fingerprint density at radius 2 is 1.86 bits per heavy atom. The minimum atomic E-state index is -4.53. The lowest BCUT2D eigenvalue weighted by molar-refractivity contribution is -0.219. The van der Waals surface area contributed by atoms with Gasteiger partial charge in [0.05, 0.1) is 29.9 Å². The van der Waals surface area contributed by atoms with Crippen molar-refractivity contribution in [2.45, 2.75) is 12.0 Å². The molecule has 0 aromatic heterocycles. The topological polar surface area (TPSA) is 59.0 Å². The molecule has 0 atom stereocenters. The lowest BCUT2D eigenvalue weighted by Crippen LogP contribution is -2.64. The van der Waals surface area contributed by atoms with E-state index in [9.17, 15) is 18.0 Å². The number of benzene rings is 1. The minimum Gasteiger partial charge on any atom is -0.478 e. The molecule has 1 saturated heterocycles. The molecule has 0 saturated carbocycles. The monoisotopic (exact) mass is 305 g/mol. The van der Waals surface area contributed by atoms with E-state index < -0.39 is 23.5 Å². The van der Waals surface area contributed by atoms with Crippen molar-refractivity contribution in [3.05, 3.63) is 29.3 Å². The molecule has 0 amide bonds. The van der Waals surface area contributed by atoms with E-state index in [2.05, 4.69) is 0 Å². The number of halogens is 3. The molecule has 0 aliphatic carbocycles. The number of alkyl halides is 3. The summed E-state index contributed by atoms with van der Waals surface area (Å²) < 4.78 is 48.5. The molecule has 1 aromatic rings. The van der Waals surface area contributed by atoms with Gasteiger partial charge in [0.25, 0.3) is 0 Å². The van der Waals surface area contributed by atoms with Crippen molar-refractivity contribution >= 4 is 11.7 Å². The van der Waals surface area contributed by atoms with Crippen molar-refractivity contribution in [2.75, 3.05) is 32.2 Å². The average Bonchev–Trinajstić information content (AvgIpc) is 2.37. The Labute approximate surface area is 118 Å². The van der Waals surface area contributed by atoms with E-state index in [1.807, 2.05) is 0 Å². The van der Waals surface area contributed by atoms with Gasteiger partial charge in [0, 0.05) is 14.2 Å². The van der Waals surface area contributed by atoms with E-state index in [4.69, 9.17) is 14.6 Å². The summed E-state index contributed by atoms with van der Waals surface area (Å²) in [5, 5.41) is 9.10. The second kappa shape index (κ2) is 5.19. The molecule has 8 heteroatoms. The molecule has 21 heavy (non-hydrogen) atoms. The van der Waals surface area contributed by atoms with Gasteiger partial charge in [-0.2, -0.15) is 13.2 Å². The normalized spacial score (nSPS) is 17.5. The van der Waals surface area contributed by atoms with E-state index in [0.717, 1.165) is 18.2 Å². The van der Waals surface area contributed by atoms with E-state index in [0.29, 0.717) is 0 Å². The molecule has 116 valence electrons. The Morgan fingerprint density at radius 1 is 1.29 bits per heavy atom. The molecule has 1 aliphatic heterocycles. The van der Waals surface area contributed by atoms with Crippen LogP contribution in [-0.4, -0.2) is 44.2 Å². The van der Waals surface area contributed by atoms with Gasteiger partial charge in [-0.05, 0) is 18.2 Å². The first-order valence-corrected chi connectivity index (χ1v) is 6.02. The molecular weight excluding hydrogens is 291 g/mol. The largest absolute Gasteiger partial charge is 0.478 e. The second-order valence-corrected chi connectivity index (χ2v) is 4.71. The quantitative estimate of drug-likeness (QED) is 0.864. The van der Waals surface area contributed by atoms with Crippen LogP contribution in [0.25, 0.3) is 0 Å². The third-order valence-corrected chi connectivity index (χ3v) is 3.50. The first kappa shape index (κ1) is 15.6. The fourth-order valence-corrected chi connectivity index (χ4v) is 2.20. The molecule has 0 radical (unpaired) electrons. The maximum absolute atomic E-state index is 12.8. The average molecular weight is 305 g/mol. The predicted molar refractivity (Wildman–Crippen MR) is 67.4 cm³/mol. The van der Waals surface area contributed by atoms with Crippen molar-refractivity contribution in [3.8, 4) is 0 Å². The Balaban J connectivity index is 2.36. The van der Waals surface area contributed by atoms with Crippen molar-refractivity contribution in [1.29, 1.82) is 0 Å². The third kappa shape index (κ3) is 2.81. The first-order valence-electron chi connectivity index (χ1n) is 6.02. The molecule has 1 aliphatic rings. The summed E-state index contributed by atoms with van der Waals surface area (Å²) in [6, 6.07) is 2.55. The van der Waals surface area contributed by atoms with Gasteiger partial charge in [-0.25, -0.2) is 4.79 Å². The number of ether oxygens (including phenoxy) is 2. The molecule has 0 unspecified atom stereocenters. The van der Waals surface area contributed by atoms with Gasteiger partial charge in [-0.3, -0.25) is 0 Å². The highest BCUT2D eigenvalue weighted by Gasteiger charge is 2.45. The number of hydrogen-bond acceptors (Lipinski definition) is 4. The summed E-state index contributed by atoms with van der Waals surface area (Å²) in [5.41, 5.74) is -1.08. The molecule has 5 nitrogen and oxygen atoms in total. The van der Waals surface area contributed by atoms with E-state index in [1.165, 1.54) is 19.1 Å². The van der Waals surface area contributed by atoms with Crippen LogP contribution in [0.4, 0.5) is 18.9 Å². The van der Waals surface area contributed by atoms with Gasteiger partial charge in [-0.1, -0.05) is 0 Å². The number of nitrogens with zero attached hydrogens (tertiary/aromatic N) is 1.